The Morgan fingerprint density at radius 2 is 1.89 bits per heavy atom. The zero-order valence-electron chi connectivity index (χ0n) is 20.9. The highest BCUT2D eigenvalue weighted by Gasteiger charge is 2.41. The molecule has 0 radical (unpaired) electrons. The molecule has 186 valence electrons. The molecule has 1 saturated carbocycles. The van der Waals surface area contributed by atoms with E-state index in [-0.39, 0.29) is 11.9 Å². The normalized spacial score (nSPS) is 15.1. The fourth-order valence-corrected chi connectivity index (χ4v) is 4.85. The van der Waals surface area contributed by atoms with E-state index in [1.807, 2.05) is 42.6 Å². The van der Waals surface area contributed by atoms with Gasteiger partial charge in [-0.25, -0.2) is 4.79 Å². The summed E-state index contributed by atoms with van der Waals surface area (Å²) in [6, 6.07) is 13.5. The Kier molecular flexibility index (Phi) is 7.63. The average molecular weight is 477 g/mol. The van der Waals surface area contributed by atoms with Crippen molar-refractivity contribution in [2.75, 3.05) is 19.0 Å². The SMILES string of the molecule is COc1ccc2[nH]cc(CCNC(=O)NC3(C(=O)Nc4cccc(C(C)C)c4)CCCCC3)c2c1. The van der Waals surface area contributed by atoms with E-state index >= 15 is 0 Å². The molecule has 1 heterocycles. The lowest BCUT2D eigenvalue weighted by molar-refractivity contribution is -0.123. The van der Waals surface area contributed by atoms with Crippen molar-refractivity contribution in [3.8, 4) is 5.75 Å². The van der Waals surface area contributed by atoms with Crippen molar-refractivity contribution in [1.82, 2.24) is 15.6 Å². The second-order valence-corrected chi connectivity index (χ2v) is 9.73. The lowest BCUT2D eigenvalue weighted by atomic mass is 9.81. The molecule has 1 aliphatic rings. The van der Waals surface area contributed by atoms with Gasteiger partial charge < -0.3 is 25.7 Å². The Bertz CT molecular complexity index is 1180. The number of carbonyl (C=O) groups is 2. The van der Waals surface area contributed by atoms with E-state index in [4.69, 9.17) is 4.74 Å². The molecule has 1 aromatic heterocycles. The zero-order chi connectivity index (χ0) is 24.8. The molecule has 4 rings (SSSR count). The minimum Gasteiger partial charge on any atom is -0.497 e. The van der Waals surface area contributed by atoms with Gasteiger partial charge in [0.1, 0.15) is 11.3 Å². The van der Waals surface area contributed by atoms with Gasteiger partial charge >= 0.3 is 6.03 Å². The zero-order valence-corrected chi connectivity index (χ0v) is 20.9. The summed E-state index contributed by atoms with van der Waals surface area (Å²) in [4.78, 5) is 29.5. The van der Waals surface area contributed by atoms with Crippen LogP contribution in [0.3, 0.4) is 0 Å². The Labute approximate surface area is 207 Å². The van der Waals surface area contributed by atoms with Crippen LogP contribution in [-0.4, -0.2) is 36.1 Å². The highest BCUT2D eigenvalue weighted by Crippen LogP contribution is 2.30. The molecule has 7 nitrogen and oxygen atoms in total. The van der Waals surface area contributed by atoms with Crippen LogP contribution >= 0.6 is 0 Å². The van der Waals surface area contributed by atoms with Crippen molar-refractivity contribution >= 4 is 28.5 Å². The molecule has 2 aromatic carbocycles. The molecular weight excluding hydrogens is 440 g/mol. The number of H-pyrrole nitrogens is 1. The van der Waals surface area contributed by atoms with Crippen molar-refractivity contribution in [1.29, 1.82) is 0 Å². The van der Waals surface area contributed by atoms with Crippen molar-refractivity contribution in [2.24, 2.45) is 0 Å². The van der Waals surface area contributed by atoms with Crippen LogP contribution in [0.4, 0.5) is 10.5 Å². The number of hydrogen-bond acceptors (Lipinski definition) is 3. The number of benzene rings is 2. The molecule has 1 aliphatic carbocycles. The van der Waals surface area contributed by atoms with Gasteiger partial charge in [0, 0.05) is 29.3 Å². The monoisotopic (exact) mass is 476 g/mol. The number of ether oxygens (including phenoxy) is 1. The van der Waals surface area contributed by atoms with Crippen LogP contribution in [0.5, 0.6) is 5.75 Å². The minimum absolute atomic E-state index is 0.142. The fraction of sp³-hybridized carbons (Fsp3) is 0.429. The number of fused-ring (bicyclic) bond motifs is 1. The van der Waals surface area contributed by atoms with E-state index in [0.29, 0.717) is 31.7 Å². The molecule has 1 fully saturated rings. The van der Waals surface area contributed by atoms with Crippen LogP contribution in [0.15, 0.2) is 48.7 Å². The van der Waals surface area contributed by atoms with Crippen molar-refractivity contribution in [3.63, 3.8) is 0 Å². The first-order valence-corrected chi connectivity index (χ1v) is 12.5. The molecule has 0 spiro atoms. The highest BCUT2D eigenvalue weighted by atomic mass is 16.5. The third-order valence-electron chi connectivity index (χ3n) is 6.96. The minimum atomic E-state index is -0.898. The van der Waals surface area contributed by atoms with E-state index < -0.39 is 5.54 Å². The van der Waals surface area contributed by atoms with Crippen molar-refractivity contribution in [3.05, 3.63) is 59.8 Å². The number of aromatic nitrogens is 1. The fourth-order valence-electron chi connectivity index (χ4n) is 4.85. The number of carbonyl (C=O) groups excluding carboxylic acids is 2. The molecule has 0 bridgehead atoms. The van der Waals surface area contributed by atoms with Gasteiger partial charge in [0.25, 0.3) is 0 Å². The molecule has 7 heteroatoms. The molecular formula is C28H36N4O3. The highest BCUT2D eigenvalue weighted by molar-refractivity contribution is 6.00. The number of anilines is 1. The van der Waals surface area contributed by atoms with Crippen molar-refractivity contribution < 1.29 is 14.3 Å². The maximum Gasteiger partial charge on any atom is 0.315 e. The molecule has 3 aromatic rings. The van der Waals surface area contributed by atoms with Gasteiger partial charge in [-0.15, -0.1) is 0 Å². The molecule has 0 aliphatic heterocycles. The van der Waals surface area contributed by atoms with E-state index in [9.17, 15) is 9.59 Å². The predicted octanol–water partition coefficient (Wildman–Crippen LogP) is 5.48. The second kappa shape index (κ2) is 10.8. The van der Waals surface area contributed by atoms with E-state index in [0.717, 1.165) is 47.2 Å². The number of amides is 3. The molecule has 3 amide bonds. The number of aromatic amines is 1. The van der Waals surface area contributed by atoms with E-state index in [1.165, 1.54) is 5.56 Å². The lowest BCUT2D eigenvalue weighted by Crippen LogP contribution is -2.60. The van der Waals surface area contributed by atoms with Gasteiger partial charge in [0.15, 0.2) is 0 Å². The molecule has 0 unspecified atom stereocenters. The van der Waals surface area contributed by atoms with Gasteiger partial charge in [-0.2, -0.15) is 0 Å². The van der Waals surface area contributed by atoms with E-state index in [1.54, 1.807) is 7.11 Å². The summed E-state index contributed by atoms with van der Waals surface area (Å²) in [6.45, 7) is 4.72. The summed E-state index contributed by atoms with van der Waals surface area (Å²) >= 11 is 0. The maximum absolute atomic E-state index is 13.4. The Morgan fingerprint density at radius 1 is 1.09 bits per heavy atom. The van der Waals surface area contributed by atoms with Crippen LogP contribution in [-0.2, 0) is 11.2 Å². The number of hydrogen-bond donors (Lipinski definition) is 4. The topological polar surface area (TPSA) is 95.2 Å². The van der Waals surface area contributed by atoms with Gasteiger partial charge in [-0.3, -0.25) is 4.79 Å². The quantitative estimate of drug-likeness (QED) is 0.347. The predicted molar refractivity (Wildman–Crippen MR) is 140 cm³/mol. The third-order valence-corrected chi connectivity index (χ3v) is 6.96. The van der Waals surface area contributed by atoms with Gasteiger partial charge in [-0.1, -0.05) is 45.2 Å². The maximum atomic E-state index is 13.4. The summed E-state index contributed by atoms with van der Waals surface area (Å²) in [7, 11) is 1.65. The summed E-state index contributed by atoms with van der Waals surface area (Å²) in [5.74, 6) is 1.03. The summed E-state index contributed by atoms with van der Waals surface area (Å²) in [5, 5.41) is 10.1. The number of methoxy groups -OCH3 is 1. The number of rotatable bonds is 8. The molecule has 0 atom stereocenters. The standard InChI is InChI=1S/C28H36N4O3/c1-19(2)20-8-7-9-22(16-20)31-26(33)28(13-5-4-6-14-28)32-27(34)29-15-12-21-18-30-25-11-10-23(35-3)17-24(21)25/h7-11,16-19,30H,4-6,12-15H2,1-3H3,(H,31,33)(H2,29,32,34). The van der Waals surface area contributed by atoms with Gasteiger partial charge in [0.05, 0.1) is 7.11 Å². The molecule has 35 heavy (non-hydrogen) atoms. The van der Waals surface area contributed by atoms with Gasteiger partial charge in [0.2, 0.25) is 5.91 Å². The molecule has 4 N–H and O–H groups in total. The summed E-state index contributed by atoms with van der Waals surface area (Å²) in [5.41, 5.74) is 3.17. The first-order valence-electron chi connectivity index (χ1n) is 12.5. The first kappa shape index (κ1) is 24.6. The van der Waals surface area contributed by atoms with Crippen LogP contribution in [0, 0.1) is 0 Å². The summed E-state index contributed by atoms with van der Waals surface area (Å²) < 4.78 is 5.34. The van der Waals surface area contributed by atoms with Crippen LogP contribution in [0.1, 0.15) is 63.0 Å². The Balaban J connectivity index is 1.39. The largest absolute Gasteiger partial charge is 0.497 e. The average Bonchev–Trinajstić information content (AvgIpc) is 3.26. The third kappa shape index (κ3) is 5.78. The van der Waals surface area contributed by atoms with Crippen LogP contribution in [0.25, 0.3) is 10.9 Å². The van der Waals surface area contributed by atoms with Crippen molar-refractivity contribution in [2.45, 2.75) is 63.8 Å². The smallest absolute Gasteiger partial charge is 0.315 e. The lowest BCUT2D eigenvalue weighted by Gasteiger charge is -2.36. The summed E-state index contributed by atoms with van der Waals surface area (Å²) in [6.07, 6.45) is 6.81. The van der Waals surface area contributed by atoms with E-state index in [2.05, 4.69) is 40.8 Å². The second-order valence-electron chi connectivity index (χ2n) is 9.73. The number of nitrogens with one attached hydrogen (secondary N) is 4. The van der Waals surface area contributed by atoms with Crippen LogP contribution in [0.2, 0.25) is 0 Å². The Hall–Kier alpha value is -3.48. The number of urea groups is 1. The first-order chi connectivity index (χ1) is 16.9. The molecule has 0 saturated heterocycles. The Morgan fingerprint density at radius 3 is 2.63 bits per heavy atom. The van der Waals surface area contributed by atoms with Gasteiger partial charge in [-0.05, 0) is 66.6 Å². The van der Waals surface area contributed by atoms with Crippen LogP contribution < -0.4 is 20.7 Å².